The SMILES string of the molecule is Cc1c(CN=C(N)N2CCN(c3ncccn3)CC2)oc2ccc(F)cc12.I. The maximum atomic E-state index is 13.4. The number of piperazine rings is 1. The van der Waals surface area contributed by atoms with Crippen molar-refractivity contribution in [3.63, 3.8) is 0 Å². The first-order valence-corrected chi connectivity index (χ1v) is 8.86. The lowest BCUT2D eigenvalue weighted by Gasteiger charge is -2.35. The number of guanidine groups is 1. The van der Waals surface area contributed by atoms with Crippen molar-refractivity contribution < 1.29 is 8.81 Å². The Morgan fingerprint density at radius 2 is 1.93 bits per heavy atom. The lowest BCUT2D eigenvalue weighted by Crippen LogP contribution is -2.51. The monoisotopic (exact) mass is 496 g/mol. The first kappa shape index (κ1) is 20.3. The van der Waals surface area contributed by atoms with Gasteiger partial charge < -0.3 is 20.0 Å². The Bertz CT molecular complexity index is 969. The molecule has 0 saturated carbocycles. The number of hydrogen-bond acceptors (Lipinski definition) is 5. The van der Waals surface area contributed by atoms with Crippen LogP contribution in [0, 0.1) is 12.7 Å². The minimum Gasteiger partial charge on any atom is -0.459 e. The van der Waals surface area contributed by atoms with Gasteiger partial charge in [-0.25, -0.2) is 19.4 Å². The highest BCUT2D eigenvalue weighted by atomic mass is 127. The third-order valence-electron chi connectivity index (χ3n) is 4.82. The summed E-state index contributed by atoms with van der Waals surface area (Å²) < 4.78 is 19.2. The Balaban J connectivity index is 0.00000225. The number of nitrogens with zero attached hydrogens (tertiary/aromatic N) is 5. The zero-order chi connectivity index (χ0) is 18.8. The Kier molecular flexibility index (Phi) is 6.32. The summed E-state index contributed by atoms with van der Waals surface area (Å²) in [6.07, 6.45) is 3.48. The lowest BCUT2D eigenvalue weighted by atomic mass is 10.1. The molecule has 28 heavy (non-hydrogen) atoms. The number of halogens is 2. The van der Waals surface area contributed by atoms with Gasteiger partial charge in [0.05, 0.1) is 0 Å². The van der Waals surface area contributed by atoms with Crippen LogP contribution in [0.4, 0.5) is 10.3 Å². The minimum atomic E-state index is -0.277. The van der Waals surface area contributed by atoms with Crippen LogP contribution >= 0.6 is 24.0 Å². The molecule has 0 radical (unpaired) electrons. The maximum Gasteiger partial charge on any atom is 0.225 e. The molecule has 2 N–H and O–H groups in total. The number of aromatic nitrogens is 2. The maximum absolute atomic E-state index is 13.4. The third kappa shape index (κ3) is 4.18. The number of rotatable bonds is 3. The molecular formula is C19H22FIN6O. The molecule has 3 aromatic rings. The van der Waals surface area contributed by atoms with E-state index in [-0.39, 0.29) is 29.8 Å². The molecule has 1 aliphatic rings. The van der Waals surface area contributed by atoms with Crippen molar-refractivity contribution >= 4 is 46.9 Å². The molecule has 1 aromatic carbocycles. The van der Waals surface area contributed by atoms with E-state index in [1.54, 1.807) is 24.5 Å². The van der Waals surface area contributed by atoms with Gasteiger partial charge in [-0.05, 0) is 31.2 Å². The summed E-state index contributed by atoms with van der Waals surface area (Å²) in [4.78, 5) is 17.2. The van der Waals surface area contributed by atoms with Gasteiger partial charge in [0.15, 0.2) is 5.96 Å². The van der Waals surface area contributed by atoms with E-state index in [0.717, 1.165) is 43.1 Å². The highest BCUT2D eigenvalue weighted by molar-refractivity contribution is 14.0. The summed E-state index contributed by atoms with van der Waals surface area (Å²) in [6.45, 7) is 5.29. The number of fused-ring (bicyclic) bond motifs is 1. The standard InChI is InChI=1S/C19H21FN6O.HI/c1-13-15-11-14(20)3-4-16(15)27-17(13)12-24-18(21)25-7-9-26(10-8-25)19-22-5-2-6-23-19;/h2-6,11H,7-10,12H2,1H3,(H2,21,24);1H. The van der Waals surface area contributed by atoms with Crippen molar-refractivity contribution in [2.75, 3.05) is 31.1 Å². The van der Waals surface area contributed by atoms with E-state index in [1.807, 2.05) is 11.8 Å². The lowest BCUT2D eigenvalue weighted by molar-refractivity contribution is 0.377. The van der Waals surface area contributed by atoms with Crippen molar-refractivity contribution in [1.82, 2.24) is 14.9 Å². The summed E-state index contributed by atoms with van der Waals surface area (Å²) in [7, 11) is 0. The molecule has 148 valence electrons. The number of furan rings is 1. The van der Waals surface area contributed by atoms with Crippen molar-refractivity contribution in [2.45, 2.75) is 13.5 Å². The Morgan fingerprint density at radius 3 is 2.64 bits per heavy atom. The normalized spacial score (nSPS) is 15.0. The molecule has 1 fully saturated rings. The Hall–Kier alpha value is -2.43. The van der Waals surface area contributed by atoms with E-state index in [9.17, 15) is 4.39 Å². The van der Waals surface area contributed by atoms with Gasteiger partial charge in [-0.2, -0.15) is 0 Å². The Labute approximate surface area is 179 Å². The van der Waals surface area contributed by atoms with Gasteiger partial charge in [0.2, 0.25) is 5.95 Å². The molecule has 0 bridgehead atoms. The van der Waals surface area contributed by atoms with E-state index >= 15 is 0 Å². The number of hydrogen-bond donors (Lipinski definition) is 1. The molecule has 7 nitrogen and oxygen atoms in total. The zero-order valence-electron chi connectivity index (χ0n) is 15.5. The average molecular weight is 496 g/mol. The molecule has 9 heteroatoms. The first-order chi connectivity index (χ1) is 13.1. The molecular weight excluding hydrogens is 474 g/mol. The summed E-state index contributed by atoms with van der Waals surface area (Å²) in [6, 6.07) is 6.32. The molecule has 0 amide bonds. The third-order valence-corrected chi connectivity index (χ3v) is 4.82. The fraction of sp³-hybridized carbons (Fsp3) is 0.316. The molecule has 0 spiro atoms. The van der Waals surface area contributed by atoms with Crippen LogP contribution in [0.15, 0.2) is 46.1 Å². The summed E-state index contributed by atoms with van der Waals surface area (Å²) in [5, 5.41) is 0.773. The van der Waals surface area contributed by atoms with Crippen LogP contribution in [0.3, 0.4) is 0 Å². The van der Waals surface area contributed by atoms with Gasteiger partial charge in [0, 0.05) is 49.5 Å². The van der Waals surface area contributed by atoms with E-state index < -0.39 is 0 Å². The molecule has 2 aromatic heterocycles. The van der Waals surface area contributed by atoms with Gasteiger partial charge >= 0.3 is 0 Å². The number of aliphatic imine (C=N–C) groups is 1. The molecule has 0 aliphatic carbocycles. The molecule has 1 aliphatic heterocycles. The summed E-state index contributed by atoms with van der Waals surface area (Å²) >= 11 is 0. The summed E-state index contributed by atoms with van der Waals surface area (Å²) in [5.41, 5.74) is 7.73. The number of anilines is 1. The Morgan fingerprint density at radius 1 is 1.21 bits per heavy atom. The molecule has 0 unspecified atom stereocenters. The van der Waals surface area contributed by atoms with Crippen LogP contribution in [0.5, 0.6) is 0 Å². The van der Waals surface area contributed by atoms with Gasteiger partial charge in [-0.15, -0.1) is 24.0 Å². The second-order valence-corrected chi connectivity index (χ2v) is 6.49. The van der Waals surface area contributed by atoms with Crippen LogP contribution < -0.4 is 10.6 Å². The number of nitrogens with two attached hydrogens (primary N) is 1. The number of aryl methyl sites for hydroxylation is 1. The predicted octanol–water partition coefficient (Wildman–Crippen LogP) is 2.93. The predicted molar refractivity (Wildman–Crippen MR) is 117 cm³/mol. The topological polar surface area (TPSA) is 83.8 Å². The van der Waals surface area contributed by atoms with Crippen LogP contribution in [-0.4, -0.2) is 47.0 Å². The second kappa shape index (κ2) is 8.72. The largest absolute Gasteiger partial charge is 0.459 e. The highest BCUT2D eigenvalue weighted by Crippen LogP contribution is 2.26. The molecule has 1 saturated heterocycles. The molecule has 4 rings (SSSR count). The summed E-state index contributed by atoms with van der Waals surface area (Å²) in [5.74, 6) is 1.64. The fourth-order valence-electron chi connectivity index (χ4n) is 3.24. The molecule has 3 heterocycles. The highest BCUT2D eigenvalue weighted by Gasteiger charge is 2.20. The number of benzene rings is 1. The second-order valence-electron chi connectivity index (χ2n) is 6.49. The van der Waals surface area contributed by atoms with E-state index in [0.29, 0.717) is 23.8 Å². The first-order valence-electron chi connectivity index (χ1n) is 8.86. The fourth-order valence-corrected chi connectivity index (χ4v) is 3.24. The molecule has 0 atom stereocenters. The van der Waals surface area contributed by atoms with Crippen LogP contribution in [-0.2, 0) is 6.54 Å². The van der Waals surface area contributed by atoms with Crippen molar-refractivity contribution in [3.05, 3.63) is 53.8 Å². The average Bonchev–Trinajstić information content (AvgIpc) is 3.02. The van der Waals surface area contributed by atoms with Crippen LogP contribution in [0.25, 0.3) is 11.0 Å². The quantitative estimate of drug-likeness (QED) is 0.341. The van der Waals surface area contributed by atoms with E-state index in [2.05, 4.69) is 19.9 Å². The van der Waals surface area contributed by atoms with E-state index in [1.165, 1.54) is 12.1 Å². The van der Waals surface area contributed by atoms with Crippen LogP contribution in [0.1, 0.15) is 11.3 Å². The van der Waals surface area contributed by atoms with Crippen molar-refractivity contribution in [3.8, 4) is 0 Å². The van der Waals surface area contributed by atoms with Gasteiger partial charge in [0.25, 0.3) is 0 Å². The van der Waals surface area contributed by atoms with Gasteiger partial charge in [-0.3, -0.25) is 0 Å². The smallest absolute Gasteiger partial charge is 0.225 e. The van der Waals surface area contributed by atoms with E-state index in [4.69, 9.17) is 10.2 Å². The van der Waals surface area contributed by atoms with Crippen molar-refractivity contribution in [2.24, 2.45) is 10.7 Å². The van der Waals surface area contributed by atoms with Crippen LogP contribution in [0.2, 0.25) is 0 Å². The van der Waals surface area contributed by atoms with Crippen molar-refractivity contribution in [1.29, 1.82) is 0 Å². The minimum absolute atomic E-state index is 0. The zero-order valence-corrected chi connectivity index (χ0v) is 17.8. The van der Waals surface area contributed by atoms with Gasteiger partial charge in [0.1, 0.15) is 23.7 Å². The van der Waals surface area contributed by atoms with Gasteiger partial charge in [-0.1, -0.05) is 0 Å².